The highest BCUT2D eigenvalue weighted by molar-refractivity contribution is 9.10. The molecule has 1 aliphatic heterocycles. The number of aliphatic imine (C=N–C) groups is 1. The van der Waals surface area contributed by atoms with E-state index in [-0.39, 0.29) is 11.8 Å². The molecule has 0 radical (unpaired) electrons. The smallest absolute Gasteiger partial charge is 0.162 e. The van der Waals surface area contributed by atoms with Gasteiger partial charge in [0.25, 0.3) is 0 Å². The summed E-state index contributed by atoms with van der Waals surface area (Å²) in [5, 5.41) is 15.5. The van der Waals surface area contributed by atoms with Gasteiger partial charge in [0, 0.05) is 43.8 Å². The maximum atomic E-state index is 10.9. The molecule has 160 valence electrons. The molecule has 4 rings (SSSR count). The van der Waals surface area contributed by atoms with Crippen LogP contribution in [0.5, 0.6) is 11.5 Å². The van der Waals surface area contributed by atoms with E-state index in [4.69, 9.17) is 32.9 Å². The van der Waals surface area contributed by atoms with Crippen molar-refractivity contribution in [2.45, 2.75) is 25.6 Å². The van der Waals surface area contributed by atoms with Gasteiger partial charge in [-0.3, -0.25) is 10.3 Å². The van der Waals surface area contributed by atoms with Crippen molar-refractivity contribution in [3.05, 3.63) is 91.9 Å². The number of hydrogen-bond donors (Lipinski definition) is 2. The topological polar surface area (TPSA) is 53.8 Å². The highest BCUT2D eigenvalue weighted by atomic mass is 79.9. The van der Waals surface area contributed by atoms with Crippen molar-refractivity contribution in [2.75, 3.05) is 6.61 Å². The lowest BCUT2D eigenvalue weighted by atomic mass is 9.93. The number of aromatic hydroxyl groups is 1. The molecule has 4 nitrogen and oxygen atoms in total. The molecule has 0 aliphatic carbocycles. The fraction of sp³-hybridized carbons (Fsp3) is 0.208. The number of phenolic OH excluding ortho intramolecular Hbond substituents is 1. The fourth-order valence-electron chi connectivity index (χ4n) is 3.72. The Bertz CT molecular complexity index is 1140. The van der Waals surface area contributed by atoms with Crippen LogP contribution >= 0.6 is 39.1 Å². The van der Waals surface area contributed by atoms with E-state index in [1.54, 1.807) is 18.2 Å². The molecule has 0 amide bonds. The number of benzene rings is 3. The summed E-state index contributed by atoms with van der Waals surface area (Å²) in [6.07, 6.45) is 0.203. The Morgan fingerprint density at radius 1 is 1.10 bits per heavy atom. The number of para-hydroxylation sites is 1. The van der Waals surface area contributed by atoms with E-state index in [1.165, 1.54) is 0 Å². The van der Waals surface area contributed by atoms with Gasteiger partial charge in [0.2, 0.25) is 0 Å². The molecule has 0 spiro atoms. The summed E-state index contributed by atoms with van der Waals surface area (Å²) < 4.78 is 6.57. The SMILES string of the molecule is CCOc1cccc([C@@H]2CC(c3cccc(Br)c3)=N[C@@H](c3ccc(Cl)cc3Cl)N2)c1O. The average Bonchev–Trinajstić information content (AvgIpc) is 2.75. The van der Waals surface area contributed by atoms with Gasteiger partial charge in [0.15, 0.2) is 11.5 Å². The third-order valence-electron chi connectivity index (χ3n) is 5.16. The highest BCUT2D eigenvalue weighted by Gasteiger charge is 2.29. The van der Waals surface area contributed by atoms with Crippen molar-refractivity contribution in [2.24, 2.45) is 4.99 Å². The van der Waals surface area contributed by atoms with Crippen LogP contribution in [0.4, 0.5) is 0 Å². The van der Waals surface area contributed by atoms with Crippen molar-refractivity contribution < 1.29 is 9.84 Å². The summed E-state index contributed by atoms with van der Waals surface area (Å²) in [5.41, 5.74) is 3.51. The van der Waals surface area contributed by atoms with Gasteiger partial charge in [-0.15, -0.1) is 0 Å². The van der Waals surface area contributed by atoms with Crippen LogP contribution in [0.3, 0.4) is 0 Å². The predicted octanol–water partition coefficient (Wildman–Crippen LogP) is 7.08. The van der Waals surface area contributed by atoms with E-state index >= 15 is 0 Å². The number of rotatable bonds is 5. The van der Waals surface area contributed by atoms with Crippen LogP contribution in [0.15, 0.2) is 70.1 Å². The predicted molar refractivity (Wildman–Crippen MR) is 130 cm³/mol. The monoisotopic (exact) mass is 518 g/mol. The Hall–Kier alpha value is -2.05. The van der Waals surface area contributed by atoms with Gasteiger partial charge >= 0.3 is 0 Å². The Morgan fingerprint density at radius 3 is 2.65 bits per heavy atom. The molecule has 1 heterocycles. The highest BCUT2D eigenvalue weighted by Crippen LogP contribution is 2.40. The summed E-state index contributed by atoms with van der Waals surface area (Å²) in [6.45, 7) is 2.37. The maximum absolute atomic E-state index is 10.9. The molecule has 0 fully saturated rings. The average molecular weight is 520 g/mol. The minimum Gasteiger partial charge on any atom is -0.504 e. The van der Waals surface area contributed by atoms with Crippen LogP contribution in [0.1, 0.15) is 42.2 Å². The largest absolute Gasteiger partial charge is 0.504 e. The molecule has 0 saturated heterocycles. The third-order valence-corrected chi connectivity index (χ3v) is 6.22. The molecule has 0 saturated carbocycles. The molecule has 2 atom stereocenters. The van der Waals surface area contributed by atoms with Crippen molar-refractivity contribution in [3.63, 3.8) is 0 Å². The van der Waals surface area contributed by atoms with Crippen LogP contribution in [0.2, 0.25) is 10.0 Å². The molecule has 0 bridgehead atoms. The second-order valence-corrected chi connectivity index (χ2v) is 8.96. The lowest BCUT2D eigenvalue weighted by Gasteiger charge is -2.31. The Labute approximate surface area is 200 Å². The lowest BCUT2D eigenvalue weighted by molar-refractivity contribution is 0.313. The van der Waals surface area contributed by atoms with E-state index in [0.717, 1.165) is 26.9 Å². The summed E-state index contributed by atoms with van der Waals surface area (Å²) in [6, 6.07) is 18.8. The fourth-order valence-corrected chi connectivity index (χ4v) is 4.63. The minimum absolute atomic E-state index is 0.137. The quantitative estimate of drug-likeness (QED) is 0.378. The zero-order valence-electron chi connectivity index (χ0n) is 16.8. The van der Waals surface area contributed by atoms with E-state index in [1.807, 2.05) is 49.4 Å². The Kier molecular flexibility index (Phi) is 6.87. The molecule has 1 aliphatic rings. The number of phenols is 1. The van der Waals surface area contributed by atoms with E-state index in [9.17, 15) is 5.11 Å². The molecule has 3 aromatic carbocycles. The second kappa shape index (κ2) is 9.61. The van der Waals surface area contributed by atoms with Crippen LogP contribution in [-0.2, 0) is 0 Å². The van der Waals surface area contributed by atoms with Crippen LogP contribution < -0.4 is 10.1 Å². The van der Waals surface area contributed by atoms with Crippen molar-refractivity contribution >= 4 is 44.8 Å². The van der Waals surface area contributed by atoms with Crippen molar-refractivity contribution in [1.29, 1.82) is 0 Å². The molecule has 0 unspecified atom stereocenters. The van der Waals surface area contributed by atoms with E-state index in [2.05, 4.69) is 21.2 Å². The molecular weight excluding hydrogens is 499 g/mol. The number of nitrogens with one attached hydrogen (secondary N) is 1. The Morgan fingerprint density at radius 2 is 1.90 bits per heavy atom. The van der Waals surface area contributed by atoms with Crippen LogP contribution in [0, 0.1) is 0 Å². The second-order valence-electron chi connectivity index (χ2n) is 7.20. The summed E-state index contributed by atoms with van der Waals surface area (Å²) in [7, 11) is 0. The first-order chi connectivity index (χ1) is 15.0. The lowest BCUT2D eigenvalue weighted by Crippen LogP contribution is -2.33. The first-order valence-corrected chi connectivity index (χ1v) is 11.5. The Balaban J connectivity index is 1.79. The first-order valence-electron chi connectivity index (χ1n) is 9.94. The van der Waals surface area contributed by atoms with Gasteiger partial charge < -0.3 is 9.84 Å². The molecular formula is C24H21BrCl2N2O2. The van der Waals surface area contributed by atoms with E-state index < -0.39 is 6.17 Å². The molecule has 31 heavy (non-hydrogen) atoms. The van der Waals surface area contributed by atoms with Gasteiger partial charge in [-0.1, -0.05) is 69.5 Å². The number of hydrogen-bond acceptors (Lipinski definition) is 4. The first kappa shape index (κ1) is 22.2. The molecule has 3 aromatic rings. The normalized spacial score (nSPS) is 18.5. The maximum Gasteiger partial charge on any atom is 0.162 e. The zero-order chi connectivity index (χ0) is 22.0. The van der Waals surface area contributed by atoms with Crippen molar-refractivity contribution in [3.8, 4) is 11.5 Å². The van der Waals surface area contributed by atoms with Crippen molar-refractivity contribution in [1.82, 2.24) is 5.32 Å². The number of ether oxygens (including phenoxy) is 1. The molecule has 2 N–H and O–H groups in total. The van der Waals surface area contributed by atoms with Crippen LogP contribution in [0.25, 0.3) is 0 Å². The summed E-state index contributed by atoms with van der Waals surface area (Å²) >= 11 is 16.1. The van der Waals surface area contributed by atoms with Gasteiger partial charge in [-0.25, -0.2) is 0 Å². The zero-order valence-corrected chi connectivity index (χ0v) is 19.9. The van der Waals surface area contributed by atoms with Gasteiger partial charge in [0.05, 0.1) is 6.61 Å². The van der Waals surface area contributed by atoms with E-state index in [0.29, 0.717) is 28.8 Å². The number of nitrogens with zero attached hydrogens (tertiary/aromatic N) is 1. The van der Waals surface area contributed by atoms with Gasteiger partial charge in [-0.2, -0.15) is 0 Å². The standard InChI is InChI=1S/C24H21BrCl2N2O2/c1-2-31-22-8-4-7-18(23(22)30)21-13-20(14-5-3-6-15(25)11-14)28-24(29-21)17-10-9-16(26)12-19(17)27/h3-12,21,24,29-30H,2,13H2,1H3/t21-,24+/m0/s1. The van der Waals surface area contributed by atoms with Gasteiger partial charge in [0.1, 0.15) is 6.17 Å². The molecule has 0 aromatic heterocycles. The van der Waals surface area contributed by atoms with Crippen LogP contribution in [-0.4, -0.2) is 17.4 Å². The summed E-state index contributed by atoms with van der Waals surface area (Å²) in [5.74, 6) is 0.604. The number of halogens is 3. The minimum atomic E-state index is -0.396. The third kappa shape index (κ3) is 4.90. The van der Waals surface area contributed by atoms with Gasteiger partial charge in [-0.05, 0) is 42.8 Å². The summed E-state index contributed by atoms with van der Waals surface area (Å²) in [4.78, 5) is 4.96. The molecule has 7 heteroatoms.